The molecular formula is C10H12Cl3NO2. The quantitative estimate of drug-likeness (QED) is 0.797. The molecule has 0 aliphatic carbocycles. The number of aliphatic hydroxyl groups is 2. The van der Waals surface area contributed by atoms with Gasteiger partial charge in [0.05, 0.1) is 28.4 Å². The highest BCUT2D eigenvalue weighted by Gasteiger charge is 2.13. The van der Waals surface area contributed by atoms with E-state index in [-0.39, 0.29) is 13.2 Å². The third-order valence-corrected chi connectivity index (χ3v) is 3.29. The second kappa shape index (κ2) is 5.94. The summed E-state index contributed by atoms with van der Waals surface area (Å²) in [4.78, 5) is 0. The first-order valence-electron chi connectivity index (χ1n) is 4.64. The van der Waals surface area contributed by atoms with E-state index in [1.165, 1.54) is 0 Å². The molecule has 1 aromatic carbocycles. The van der Waals surface area contributed by atoms with Gasteiger partial charge in [0.2, 0.25) is 0 Å². The first-order chi connectivity index (χ1) is 7.47. The number of halogens is 3. The monoisotopic (exact) mass is 283 g/mol. The van der Waals surface area contributed by atoms with Crippen LogP contribution in [0.4, 0.5) is 5.69 Å². The Balaban J connectivity index is 2.92. The van der Waals surface area contributed by atoms with Crippen LogP contribution in [0.15, 0.2) is 6.07 Å². The van der Waals surface area contributed by atoms with Crippen molar-refractivity contribution in [2.24, 2.45) is 0 Å². The lowest BCUT2D eigenvalue weighted by Gasteiger charge is -2.15. The van der Waals surface area contributed by atoms with Crippen LogP contribution in [0.25, 0.3) is 0 Å². The van der Waals surface area contributed by atoms with Crippen LogP contribution in [-0.4, -0.2) is 29.5 Å². The van der Waals surface area contributed by atoms with E-state index >= 15 is 0 Å². The topological polar surface area (TPSA) is 52.5 Å². The standard InChI is InChI=1S/C10H12Cl3NO2/c1-5-7(11)2-8(12)10(9(5)13)14-3-6(16)4-15/h2,6,14-16H,3-4H2,1H3. The maximum Gasteiger partial charge on any atom is 0.0942 e. The van der Waals surface area contributed by atoms with Gasteiger partial charge in [-0.05, 0) is 18.6 Å². The van der Waals surface area contributed by atoms with Crippen LogP contribution in [0.2, 0.25) is 15.1 Å². The number of rotatable bonds is 4. The van der Waals surface area contributed by atoms with E-state index in [0.717, 1.165) is 0 Å². The van der Waals surface area contributed by atoms with Crippen LogP contribution in [0, 0.1) is 6.92 Å². The lowest BCUT2D eigenvalue weighted by Crippen LogP contribution is -2.23. The van der Waals surface area contributed by atoms with Crippen LogP contribution in [-0.2, 0) is 0 Å². The normalized spacial score (nSPS) is 12.6. The molecule has 0 saturated carbocycles. The highest BCUT2D eigenvalue weighted by Crippen LogP contribution is 2.37. The molecule has 16 heavy (non-hydrogen) atoms. The van der Waals surface area contributed by atoms with Crippen LogP contribution in [0.5, 0.6) is 0 Å². The third-order valence-electron chi connectivity index (χ3n) is 2.12. The Morgan fingerprint density at radius 1 is 1.31 bits per heavy atom. The number of aliphatic hydroxyl groups excluding tert-OH is 2. The fourth-order valence-corrected chi connectivity index (χ4v) is 2.03. The molecule has 0 aliphatic heterocycles. The summed E-state index contributed by atoms with van der Waals surface area (Å²) in [5, 5.41) is 22.0. The number of hydrogen-bond acceptors (Lipinski definition) is 3. The Kier molecular flexibility index (Phi) is 5.15. The van der Waals surface area contributed by atoms with Gasteiger partial charge in [-0.2, -0.15) is 0 Å². The highest BCUT2D eigenvalue weighted by atomic mass is 35.5. The average Bonchev–Trinajstić information content (AvgIpc) is 2.25. The average molecular weight is 285 g/mol. The van der Waals surface area contributed by atoms with Crippen molar-refractivity contribution in [3.63, 3.8) is 0 Å². The molecule has 1 unspecified atom stereocenters. The molecule has 1 rings (SSSR count). The molecule has 0 aliphatic rings. The number of nitrogens with one attached hydrogen (secondary N) is 1. The summed E-state index contributed by atoms with van der Waals surface area (Å²) in [6, 6.07) is 1.58. The van der Waals surface area contributed by atoms with Crippen molar-refractivity contribution in [2.75, 3.05) is 18.5 Å². The minimum absolute atomic E-state index is 0.164. The fourth-order valence-electron chi connectivity index (χ4n) is 1.14. The molecule has 90 valence electrons. The van der Waals surface area contributed by atoms with E-state index in [0.29, 0.717) is 26.3 Å². The fraction of sp³-hybridized carbons (Fsp3) is 0.400. The van der Waals surface area contributed by atoms with Gasteiger partial charge >= 0.3 is 0 Å². The van der Waals surface area contributed by atoms with E-state index in [4.69, 9.17) is 39.9 Å². The molecule has 6 heteroatoms. The van der Waals surface area contributed by atoms with Crippen LogP contribution in [0.3, 0.4) is 0 Å². The molecule has 0 saturated heterocycles. The minimum Gasteiger partial charge on any atom is -0.394 e. The van der Waals surface area contributed by atoms with Crippen molar-refractivity contribution in [2.45, 2.75) is 13.0 Å². The zero-order chi connectivity index (χ0) is 12.3. The second-order valence-electron chi connectivity index (χ2n) is 3.37. The molecule has 0 fully saturated rings. The second-order valence-corrected chi connectivity index (χ2v) is 4.56. The highest BCUT2D eigenvalue weighted by molar-refractivity contribution is 6.42. The summed E-state index contributed by atoms with van der Waals surface area (Å²) in [6.45, 7) is 1.61. The smallest absolute Gasteiger partial charge is 0.0942 e. The Hall–Kier alpha value is -0.190. The van der Waals surface area contributed by atoms with Gasteiger partial charge in [0.1, 0.15) is 0 Å². The van der Waals surface area contributed by atoms with Crippen molar-refractivity contribution >= 4 is 40.5 Å². The Bertz CT molecular complexity index is 385. The van der Waals surface area contributed by atoms with Crippen molar-refractivity contribution in [3.05, 3.63) is 26.7 Å². The maximum absolute atomic E-state index is 9.20. The van der Waals surface area contributed by atoms with Gasteiger partial charge in [0, 0.05) is 11.6 Å². The zero-order valence-corrected chi connectivity index (χ0v) is 10.9. The lowest BCUT2D eigenvalue weighted by molar-refractivity contribution is 0.105. The van der Waals surface area contributed by atoms with Gasteiger partial charge in [-0.25, -0.2) is 0 Å². The molecule has 0 amide bonds. The zero-order valence-electron chi connectivity index (χ0n) is 8.60. The van der Waals surface area contributed by atoms with Crippen molar-refractivity contribution < 1.29 is 10.2 Å². The summed E-state index contributed by atoms with van der Waals surface area (Å²) >= 11 is 17.9. The van der Waals surface area contributed by atoms with Gasteiger partial charge in [-0.15, -0.1) is 0 Å². The number of anilines is 1. The molecule has 0 aromatic heterocycles. The van der Waals surface area contributed by atoms with Gasteiger partial charge in [-0.3, -0.25) is 0 Å². The van der Waals surface area contributed by atoms with Crippen LogP contribution in [0.1, 0.15) is 5.56 Å². The first kappa shape index (κ1) is 13.9. The van der Waals surface area contributed by atoms with Gasteiger partial charge in [-0.1, -0.05) is 34.8 Å². The van der Waals surface area contributed by atoms with E-state index in [2.05, 4.69) is 5.32 Å². The summed E-state index contributed by atoms with van der Waals surface area (Å²) in [6.07, 6.45) is -0.858. The molecule has 0 heterocycles. The van der Waals surface area contributed by atoms with Gasteiger partial charge in [0.15, 0.2) is 0 Å². The summed E-state index contributed by atoms with van der Waals surface area (Å²) in [5.41, 5.74) is 1.23. The summed E-state index contributed by atoms with van der Waals surface area (Å²) < 4.78 is 0. The molecule has 0 spiro atoms. The number of benzene rings is 1. The van der Waals surface area contributed by atoms with Crippen molar-refractivity contribution in [3.8, 4) is 0 Å². The molecule has 3 N–H and O–H groups in total. The Morgan fingerprint density at radius 2 is 1.94 bits per heavy atom. The Morgan fingerprint density at radius 3 is 2.50 bits per heavy atom. The molecule has 0 radical (unpaired) electrons. The predicted octanol–water partition coefficient (Wildman–Crippen LogP) is 2.72. The summed E-state index contributed by atoms with van der Waals surface area (Å²) in [5.74, 6) is 0. The van der Waals surface area contributed by atoms with Crippen molar-refractivity contribution in [1.29, 1.82) is 0 Å². The summed E-state index contributed by atoms with van der Waals surface area (Å²) in [7, 11) is 0. The molecule has 0 bridgehead atoms. The largest absolute Gasteiger partial charge is 0.394 e. The third kappa shape index (κ3) is 3.15. The predicted molar refractivity (Wildman–Crippen MR) is 67.8 cm³/mol. The number of hydrogen-bond donors (Lipinski definition) is 3. The van der Waals surface area contributed by atoms with Crippen LogP contribution >= 0.6 is 34.8 Å². The minimum atomic E-state index is -0.858. The molecule has 3 nitrogen and oxygen atoms in total. The SMILES string of the molecule is Cc1c(Cl)cc(Cl)c(NCC(O)CO)c1Cl. The maximum atomic E-state index is 9.20. The van der Waals surface area contributed by atoms with E-state index in [1.807, 2.05) is 0 Å². The van der Waals surface area contributed by atoms with Crippen molar-refractivity contribution in [1.82, 2.24) is 0 Å². The lowest BCUT2D eigenvalue weighted by atomic mass is 10.2. The van der Waals surface area contributed by atoms with E-state index < -0.39 is 6.10 Å². The molecule has 1 atom stereocenters. The molecular weight excluding hydrogens is 272 g/mol. The van der Waals surface area contributed by atoms with E-state index in [9.17, 15) is 5.11 Å². The van der Waals surface area contributed by atoms with Crippen LogP contribution < -0.4 is 5.32 Å². The Labute approximate surface area is 109 Å². The first-order valence-corrected chi connectivity index (χ1v) is 5.77. The van der Waals surface area contributed by atoms with E-state index in [1.54, 1.807) is 13.0 Å². The van der Waals surface area contributed by atoms with Gasteiger partial charge < -0.3 is 15.5 Å². The van der Waals surface area contributed by atoms with Gasteiger partial charge in [0.25, 0.3) is 0 Å². The molecule has 1 aromatic rings.